The average molecular weight is 270 g/mol. The fourth-order valence-electron chi connectivity index (χ4n) is 2.55. The molecule has 0 bridgehead atoms. The van der Waals surface area contributed by atoms with Crippen molar-refractivity contribution in [2.24, 2.45) is 11.8 Å². The van der Waals surface area contributed by atoms with E-state index in [2.05, 4.69) is 0 Å². The predicted octanol–water partition coefficient (Wildman–Crippen LogP) is -0.294. The van der Waals surface area contributed by atoms with Crippen LogP contribution in [-0.4, -0.2) is 67.7 Å². The Labute approximate surface area is 111 Å². The second kappa shape index (κ2) is 5.56. The summed E-state index contributed by atoms with van der Waals surface area (Å²) in [7, 11) is 1.36. The van der Waals surface area contributed by atoms with Gasteiger partial charge in [-0.25, -0.2) is 9.69 Å². The molecule has 106 valence electrons. The zero-order chi connectivity index (χ0) is 14.0. The summed E-state index contributed by atoms with van der Waals surface area (Å²) in [6, 6.07) is 0. The normalized spacial score (nSPS) is 27.5. The van der Waals surface area contributed by atoms with Crippen LogP contribution in [-0.2, 0) is 19.1 Å². The second-order valence-corrected chi connectivity index (χ2v) is 4.96. The van der Waals surface area contributed by atoms with Gasteiger partial charge in [-0.15, -0.1) is 0 Å². The first-order valence-corrected chi connectivity index (χ1v) is 6.30. The molecular formula is C12H18N2O5. The van der Waals surface area contributed by atoms with Gasteiger partial charge in [0.2, 0.25) is 5.91 Å². The van der Waals surface area contributed by atoms with Crippen molar-refractivity contribution in [1.29, 1.82) is 0 Å². The number of amides is 2. The van der Waals surface area contributed by atoms with Crippen molar-refractivity contribution in [3.8, 4) is 0 Å². The highest BCUT2D eigenvalue weighted by Gasteiger charge is 2.38. The molecule has 2 atom stereocenters. The Morgan fingerprint density at radius 3 is 2.74 bits per heavy atom. The highest BCUT2D eigenvalue weighted by molar-refractivity contribution is 5.94. The van der Waals surface area contributed by atoms with Crippen LogP contribution in [0.2, 0.25) is 0 Å². The van der Waals surface area contributed by atoms with Crippen LogP contribution in [0.25, 0.3) is 0 Å². The molecule has 2 saturated heterocycles. The van der Waals surface area contributed by atoms with E-state index in [1.807, 2.05) is 11.8 Å². The number of methoxy groups -OCH3 is 1. The van der Waals surface area contributed by atoms with E-state index in [-0.39, 0.29) is 36.9 Å². The highest BCUT2D eigenvalue weighted by atomic mass is 16.6. The van der Waals surface area contributed by atoms with Gasteiger partial charge in [0.25, 0.3) is 0 Å². The smallest absolute Gasteiger partial charge is 0.416 e. The number of cyclic esters (lactones) is 1. The number of imide groups is 1. The molecule has 0 aromatic rings. The molecule has 2 unspecified atom stereocenters. The maximum absolute atomic E-state index is 11.9. The molecule has 0 aromatic heterocycles. The Hall–Kier alpha value is -1.63. The van der Waals surface area contributed by atoms with Crippen molar-refractivity contribution in [3.63, 3.8) is 0 Å². The Bertz CT molecular complexity index is 398. The molecule has 0 spiro atoms. The van der Waals surface area contributed by atoms with Gasteiger partial charge in [-0.2, -0.15) is 0 Å². The van der Waals surface area contributed by atoms with Crippen molar-refractivity contribution in [1.82, 2.24) is 9.80 Å². The molecule has 7 heteroatoms. The molecule has 0 aromatic carbocycles. The average Bonchev–Trinajstić information content (AvgIpc) is 2.94. The third kappa shape index (κ3) is 2.86. The van der Waals surface area contributed by atoms with E-state index in [4.69, 9.17) is 9.47 Å². The summed E-state index contributed by atoms with van der Waals surface area (Å²) in [4.78, 5) is 37.7. The van der Waals surface area contributed by atoms with Gasteiger partial charge < -0.3 is 9.47 Å². The number of hydrogen-bond acceptors (Lipinski definition) is 6. The third-order valence-electron chi connectivity index (χ3n) is 3.61. The number of likely N-dealkylation sites (tertiary alicyclic amines) is 1. The zero-order valence-corrected chi connectivity index (χ0v) is 11.1. The first-order valence-electron chi connectivity index (χ1n) is 6.30. The van der Waals surface area contributed by atoms with E-state index in [1.165, 1.54) is 7.11 Å². The summed E-state index contributed by atoms with van der Waals surface area (Å²) in [6.45, 7) is 3.78. The van der Waals surface area contributed by atoms with Gasteiger partial charge in [-0.3, -0.25) is 14.5 Å². The third-order valence-corrected chi connectivity index (χ3v) is 3.61. The van der Waals surface area contributed by atoms with E-state index in [0.29, 0.717) is 19.6 Å². The second-order valence-electron chi connectivity index (χ2n) is 4.96. The van der Waals surface area contributed by atoms with Crippen LogP contribution in [0.5, 0.6) is 0 Å². The molecule has 2 rings (SSSR count). The number of nitrogens with zero attached hydrogens (tertiary/aromatic N) is 2. The van der Waals surface area contributed by atoms with Crippen molar-refractivity contribution in [2.75, 3.05) is 39.9 Å². The lowest BCUT2D eigenvalue weighted by Gasteiger charge is -2.17. The van der Waals surface area contributed by atoms with E-state index in [0.717, 1.165) is 4.90 Å². The first-order chi connectivity index (χ1) is 9.02. The molecule has 2 fully saturated rings. The molecule has 2 aliphatic rings. The van der Waals surface area contributed by atoms with Crippen LogP contribution in [0.1, 0.15) is 6.92 Å². The monoisotopic (exact) mass is 270 g/mol. The first kappa shape index (κ1) is 13.8. The van der Waals surface area contributed by atoms with Gasteiger partial charge in [-0.1, -0.05) is 6.92 Å². The highest BCUT2D eigenvalue weighted by Crippen LogP contribution is 2.24. The number of ether oxygens (including phenoxy) is 2. The fraction of sp³-hybridized carbons (Fsp3) is 0.750. The minimum atomic E-state index is -0.582. The molecule has 19 heavy (non-hydrogen) atoms. The van der Waals surface area contributed by atoms with E-state index < -0.39 is 6.09 Å². The number of hydrogen-bond donors (Lipinski definition) is 0. The maximum atomic E-state index is 11.9. The van der Waals surface area contributed by atoms with Gasteiger partial charge in [0.05, 0.1) is 26.1 Å². The summed E-state index contributed by atoms with van der Waals surface area (Å²) < 4.78 is 9.46. The Morgan fingerprint density at radius 2 is 2.16 bits per heavy atom. The van der Waals surface area contributed by atoms with E-state index in [9.17, 15) is 14.4 Å². The summed E-state index contributed by atoms with van der Waals surface area (Å²) in [5.74, 6) is -0.586. The van der Waals surface area contributed by atoms with Crippen molar-refractivity contribution < 1.29 is 23.9 Å². The maximum Gasteiger partial charge on any atom is 0.416 e. The largest absolute Gasteiger partial charge is 0.469 e. The van der Waals surface area contributed by atoms with Crippen LogP contribution in [0.4, 0.5) is 4.79 Å². The lowest BCUT2D eigenvalue weighted by molar-refractivity contribution is -0.146. The number of carbonyl (C=O) groups excluding carboxylic acids is 3. The van der Waals surface area contributed by atoms with Crippen LogP contribution < -0.4 is 0 Å². The van der Waals surface area contributed by atoms with E-state index in [1.54, 1.807) is 0 Å². The summed E-state index contributed by atoms with van der Waals surface area (Å²) >= 11 is 0. The number of rotatable bonds is 3. The topological polar surface area (TPSA) is 76.2 Å². The van der Waals surface area contributed by atoms with Gasteiger partial charge in [0, 0.05) is 13.1 Å². The van der Waals surface area contributed by atoms with Crippen LogP contribution in [0, 0.1) is 11.8 Å². The Balaban J connectivity index is 1.89. The van der Waals surface area contributed by atoms with Crippen LogP contribution in [0.15, 0.2) is 0 Å². The van der Waals surface area contributed by atoms with Gasteiger partial charge in [0.1, 0.15) is 6.61 Å². The summed E-state index contributed by atoms with van der Waals surface area (Å²) in [5.41, 5.74) is 0. The summed E-state index contributed by atoms with van der Waals surface area (Å²) in [6.07, 6.45) is -0.582. The van der Waals surface area contributed by atoms with Crippen molar-refractivity contribution >= 4 is 18.0 Å². The quantitative estimate of drug-likeness (QED) is 0.656. The van der Waals surface area contributed by atoms with Gasteiger partial charge in [-0.05, 0) is 5.92 Å². The minimum Gasteiger partial charge on any atom is -0.469 e. The molecule has 0 aliphatic carbocycles. The van der Waals surface area contributed by atoms with Gasteiger partial charge in [0.15, 0.2) is 0 Å². The molecule has 2 aliphatic heterocycles. The summed E-state index contributed by atoms with van der Waals surface area (Å²) in [5, 5.41) is 0. The molecule has 2 amide bonds. The molecule has 7 nitrogen and oxygen atoms in total. The number of esters is 1. The molecule has 0 radical (unpaired) electrons. The molecular weight excluding hydrogens is 252 g/mol. The molecule has 0 N–H and O–H groups in total. The Kier molecular flexibility index (Phi) is 4.04. The molecule has 0 saturated carbocycles. The van der Waals surface area contributed by atoms with Gasteiger partial charge >= 0.3 is 12.1 Å². The predicted molar refractivity (Wildman–Crippen MR) is 64.2 cm³/mol. The molecule has 2 heterocycles. The number of carbonyl (C=O) groups is 3. The standard InChI is InChI=1S/C12H18N2O5/c1-8-5-13(6-9(8)11(16)18-2)7-10(15)14-3-4-19-12(14)17/h8-9H,3-7H2,1-2H3. The van der Waals surface area contributed by atoms with E-state index >= 15 is 0 Å². The minimum absolute atomic E-state index is 0.132. The lowest BCUT2D eigenvalue weighted by atomic mass is 9.99. The van der Waals surface area contributed by atoms with Crippen LogP contribution in [0.3, 0.4) is 0 Å². The van der Waals surface area contributed by atoms with Crippen LogP contribution >= 0.6 is 0 Å². The zero-order valence-electron chi connectivity index (χ0n) is 11.1. The van der Waals surface area contributed by atoms with Crippen molar-refractivity contribution in [2.45, 2.75) is 6.92 Å². The van der Waals surface area contributed by atoms with Crippen molar-refractivity contribution in [3.05, 3.63) is 0 Å². The SMILES string of the molecule is COC(=O)C1CN(CC(=O)N2CCOC2=O)CC1C. The Morgan fingerprint density at radius 1 is 1.42 bits per heavy atom. The lowest BCUT2D eigenvalue weighted by Crippen LogP contribution is -2.40. The fourth-order valence-corrected chi connectivity index (χ4v) is 2.55.